The van der Waals surface area contributed by atoms with Crippen LogP contribution in [0.15, 0.2) is 48.5 Å². The Hall–Kier alpha value is -3.55. The van der Waals surface area contributed by atoms with Crippen molar-refractivity contribution < 1.29 is 23.9 Å². The number of alkyl carbamates (subject to hydrolysis) is 1. The number of anilines is 2. The molecule has 0 atom stereocenters. The lowest BCUT2D eigenvalue weighted by Crippen LogP contribution is -2.37. The average molecular weight is 428 g/mol. The van der Waals surface area contributed by atoms with Gasteiger partial charge in [-0.1, -0.05) is 24.3 Å². The Morgan fingerprint density at radius 2 is 1.45 bits per heavy atom. The van der Waals surface area contributed by atoms with Gasteiger partial charge in [-0.05, 0) is 57.5 Å². The van der Waals surface area contributed by atoms with Crippen molar-refractivity contribution in [1.82, 2.24) is 5.32 Å². The molecule has 8 heteroatoms. The maximum absolute atomic E-state index is 12.4. The van der Waals surface area contributed by atoms with Gasteiger partial charge in [-0.15, -0.1) is 0 Å². The summed E-state index contributed by atoms with van der Waals surface area (Å²) in [4.78, 5) is 36.3. The van der Waals surface area contributed by atoms with Crippen molar-refractivity contribution in [2.75, 3.05) is 23.8 Å². The third-order valence-corrected chi connectivity index (χ3v) is 3.87. The lowest BCUT2D eigenvalue weighted by atomic mass is 10.1. The lowest BCUT2D eigenvalue weighted by Gasteiger charge is -2.19. The fraction of sp³-hybridized carbons (Fsp3) is 0.348. The Morgan fingerprint density at radius 3 is 2.00 bits per heavy atom. The van der Waals surface area contributed by atoms with Crippen molar-refractivity contribution in [3.8, 4) is 5.75 Å². The molecule has 0 saturated heterocycles. The van der Waals surface area contributed by atoms with E-state index < -0.39 is 17.6 Å². The second-order valence-electron chi connectivity index (χ2n) is 7.75. The normalized spacial score (nSPS) is 10.7. The Balaban J connectivity index is 1.91. The zero-order valence-electron chi connectivity index (χ0n) is 18.3. The summed E-state index contributed by atoms with van der Waals surface area (Å²) in [6.07, 6.45) is -0.505. The van der Waals surface area contributed by atoms with Crippen LogP contribution >= 0.6 is 0 Å². The van der Waals surface area contributed by atoms with Crippen LogP contribution < -0.4 is 20.7 Å². The second kappa shape index (κ2) is 11.0. The minimum Gasteiger partial charge on any atom is -0.494 e. The van der Waals surface area contributed by atoms with Gasteiger partial charge in [0, 0.05) is 0 Å². The van der Waals surface area contributed by atoms with Crippen molar-refractivity contribution in [1.29, 1.82) is 0 Å². The van der Waals surface area contributed by atoms with E-state index in [2.05, 4.69) is 16.0 Å². The van der Waals surface area contributed by atoms with Crippen molar-refractivity contribution in [3.63, 3.8) is 0 Å². The van der Waals surface area contributed by atoms with Crippen LogP contribution in [0.3, 0.4) is 0 Å². The molecule has 0 aliphatic rings. The summed E-state index contributed by atoms with van der Waals surface area (Å²) in [5.74, 6) is 0.0801. The first-order chi connectivity index (χ1) is 14.7. The number of nitrogens with one attached hydrogen (secondary N) is 3. The van der Waals surface area contributed by atoms with E-state index in [1.165, 1.54) is 0 Å². The quantitative estimate of drug-likeness (QED) is 0.595. The van der Waals surface area contributed by atoms with E-state index in [4.69, 9.17) is 9.47 Å². The lowest BCUT2D eigenvalue weighted by molar-refractivity contribution is -0.116. The summed E-state index contributed by atoms with van der Waals surface area (Å²) in [7, 11) is 0. The third kappa shape index (κ3) is 8.77. The molecule has 0 saturated carbocycles. The summed E-state index contributed by atoms with van der Waals surface area (Å²) in [5.41, 5.74) is 1.08. The van der Waals surface area contributed by atoms with Gasteiger partial charge in [-0.2, -0.15) is 0 Å². The maximum Gasteiger partial charge on any atom is 0.408 e. The first-order valence-electron chi connectivity index (χ1n) is 10.0. The molecular weight excluding hydrogens is 398 g/mol. The highest BCUT2D eigenvalue weighted by molar-refractivity contribution is 6.01. The molecule has 2 rings (SSSR count). The van der Waals surface area contributed by atoms with Crippen molar-refractivity contribution >= 4 is 29.3 Å². The Bertz CT molecular complexity index is 904. The molecule has 2 aromatic carbocycles. The summed E-state index contributed by atoms with van der Waals surface area (Å²) in [5, 5.41) is 7.88. The van der Waals surface area contributed by atoms with Crippen LogP contribution in [-0.4, -0.2) is 36.7 Å². The van der Waals surface area contributed by atoms with E-state index in [-0.39, 0.29) is 18.9 Å². The summed E-state index contributed by atoms with van der Waals surface area (Å²) < 4.78 is 10.5. The summed E-state index contributed by atoms with van der Waals surface area (Å²) >= 11 is 0. The molecule has 31 heavy (non-hydrogen) atoms. The van der Waals surface area contributed by atoms with Gasteiger partial charge in [0.05, 0.1) is 24.4 Å². The van der Waals surface area contributed by atoms with Crippen LogP contribution in [0, 0.1) is 0 Å². The zero-order valence-corrected chi connectivity index (χ0v) is 18.3. The van der Waals surface area contributed by atoms with Gasteiger partial charge in [0.2, 0.25) is 11.8 Å². The Kier molecular flexibility index (Phi) is 8.43. The number of carbonyl (C=O) groups excluding carboxylic acids is 3. The number of para-hydroxylation sites is 2. The van der Waals surface area contributed by atoms with Gasteiger partial charge < -0.3 is 25.4 Å². The highest BCUT2D eigenvalue weighted by Crippen LogP contribution is 2.21. The third-order valence-electron chi connectivity index (χ3n) is 3.87. The molecule has 0 aliphatic carbocycles. The monoisotopic (exact) mass is 427 g/mol. The van der Waals surface area contributed by atoms with Gasteiger partial charge in [0.25, 0.3) is 0 Å². The van der Waals surface area contributed by atoms with Crippen LogP contribution in [0.1, 0.15) is 33.3 Å². The molecule has 2 aromatic rings. The topological polar surface area (TPSA) is 106 Å². The molecule has 0 heterocycles. The molecule has 166 valence electrons. The summed E-state index contributed by atoms with van der Waals surface area (Å²) in [6.45, 7) is 7.43. The van der Waals surface area contributed by atoms with Crippen molar-refractivity contribution in [3.05, 3.63) is 54.1 Å². The highest BCUT2D eigenvalue weighted by atomic mass is 16.6. The predicted octanol–water partition coefficient (Wildman–Crippen LogP) is 3.73. The molecule has 0 fully saturated rings. The first-order valence-corrected chi connectivity index (χ1v) is 10.0. The number of rotatable bonds is 8. The molecular formula is C23H29N3O5. The van der Waals surface area contributed by atoms with E-state index in [1.54, 1.807) is 45.0 Å². The first kappa shape index (κ1) is 23.7. The van der Waals surface area contributed by atoms with Crippen molar-refractivity contribution in [2.45, 2.75) is 39.7 Å². The number of carbonyl (C=O) groups is 3. The fourth-order valence-electron chi connectivity index (χ4n) is 2.61. The number of hydrogen-bond donors (Lipinski definition) is 3. The van der Waals surface area contributed by atoms with Crippen LogP contribution in [0.25, 0.3) is 0 Å². The van der Waals surface area contributed by atoms with E-state index >= 15 is 0 Å². The van der Waals surface area contributed by atoms with Gasteiger partial charge in [0.15, 0.2) is 0 Å². The number of benzene rings is 2. The molecule has 0 bridgehead atoms. The minimum absolute atomic E-state index is 0.175. The molecule has 0 spiro atoms. The molecule has 0 radical (unpaired) electrons. The predicted molar refractivity (Wildman–Crippen MR) is 119 cm³/mol. The van der Waals surface area contributed by atoms with Gasteiger partial charge in [-0.3, -0.25) is 9.59 Å². The molecule has 3 N–H and O–H groups in total. The Morgan fingerprint density at radius 1 is 0.871 bits per heavy atom. The fourth-order valence-corrected chi connectivity index (χ4v) is 2.61. The highest BCUT2D eigenvalue weighted by Gasteiger charge is 2.17. The van der Waals surface area contributed by atoms with Gasteiger partial charge >= 0.3 is 6.09 Å². The van der Waals surface area contributed by atoms with Crippen LogP contribution in [0.2, 0.25) is 0 Å². The standard InChI is InChI=1S/C23H29N3O5/c1-5-30-17-12-10-16(11-13-17)14-20(27)25-18-8-6-7-9-19(18)26-21(28)15-24-22(29)31-23(2,3)4/h6-13H,5,14-15H2,1-4H3,(H,24,29)(H,25,27)(H,26,28). The van der Waals surface area contributed by atoms with E-state index in [0.29, 0.717) is 18.0 Å². The van der Waals surface area contributed by atoms with Crippen molar-refractivity contribution in [2.24, 2.45) is 0 Å². The molecule has 8 nitrogen and oxygen atoms in total. The van der Waals surface area contributed by atoms with Crippen LogP contribution in [-0.2, 0) is 20.7 Å². The molecule has 0 unspecified atom stereocenters. The average Bonchev–Trinajstić information content (AvgIpc) is 2.68. The minimum atomic E-state index is -0.681. The molecule has 0 aromatic heterocycles. The SMILES string of the molecule is CCOc1ccc(CC(=O)Nc2ccccc2NC(=O)CNC(=O)OC(C)(C)C)cc1. The largest absolute Gasteiger partial charge is 0.494 e. The zero-order chi connectivity index (χ0) is 22.9. The van der Waals surface area contributed by atoms with Gasteiger partial charge in [0.1, 0.15) is 17.9 Å². The van der Waals surface area contributed by atoms with E-state index in [9.17, 15) is 14.4 Å². The number of amides is 3. The summed E-state index contributed by atoms with van der Waals surface area (Å²) in [6, 6.07) is 14.1. The van der Waals surface area contributed by atoms with Gasteiger partial charge in [-0.25, -0.2) is 4.79 Å². The van der Waals surface area contributed by atoms with Crippen LogP contribution in [0.5, 0.6) is 5.75 Å². The smallest absolute Gasteiger partial charge is 0.408 e. The second-order valence-corrected chi connectivity index (χ2v) is 7.75. The number of ether oxygens (including phenoxy) is 2. The van der Waals surface area contributed by atoms with E-state index in [1.807, 2.05) is 31.2 Å². The van der Waals surface area contributed by atoms with Crippen LogP contribution in [0.4, 0.5) is 16.2 Å². The molecule has 3 amide bonds. The molecule has 0 aliphatic heterocycles. The maximum atomic E-state index is 12.4. The number of hydrogen-bond acceptors (Lipinski definition) is 5. The van der Waals surface area contributed by atoms with E-state index in [0.717, 1.165) is 11.3 Å². The Labute approximate surface area is 182 Å².